The van der Waals surface area contributed by atoms with Crippen molar-refractivity contribution in [3.8, 4) is 11.5 Å². The van der Waals surface area contributed by atoms with Gasteiger partial charge in [0.2, 0.25) is 0 Å². The van der Waals surface area contributed by atoms with Gasteiger partial charge in [-0.15, -0.1) is 11.6 Å². The summed E-state index contributed by atoms with van der Waals surface area (Å²) >= 11 is 5.69. The summed E-state index contributed by atoms with van der Waals surface area (Å²) in [5.74, 6) is 2.00. The first-order valence-corrected chi connectivity index (χ1v) is 6.20. The van der Waals surface area contributed by atoms with Gasteiger partial charge in [0.25, 0.3) is 0 Å². The Morgan fingerprint density at radius 2 is 1.88 bits per heavy atom. The molecule has 1 aliphatic heterocycles. The number of halogens is 1. The fourth-order valence-corrected chi connectivity index (χ4v) is 1.69. The van der Waals surface area contributed by atoms with Gasteiger partial charge in [0.1, 0.15) is 11.5 Å². The molecule has 0 spiro atoms. The van der Waals surface area contributed by atoms with Crippen LogP contribution in [0.5, 0.6) is 11.5 Å². The second kappa shape index (κ2) is 8.20. The lowest BCUT2D eigenvalue weighted by Crippen LogP contribution is -1.90. The highest BCUT2D eigenvalue weighted by molar-refractivity contribution is 6.17. The molecule has 1 aliphatic rings. The van der Waals surface area contributed by atoms with Gasteiger partial charge >= 0.3 is 0 Å². The second-order valence-electron chi connectivity index (χ2n) is 3.63. The monoisotopic (exact) mass is 258 g/mol. The van der Waals surface area contributed by atoms with Gasteiger partial charge in [0.05, 0.1) is 20.1 Å². The summed E-state index contributed by atoms with van der Waals surface area (Å²) in [5, 5.41) is 0. The molecule has 0 aromatic heterocycles. The first kappa shape index (κ1) is 14.1. The van der Waals surface area contributed by atoms with Gasteiger partial charge in [-0.1, -0.05) is 6.07 Å². The molecule has 0 saturated carbocycles. The molecular weight excluding hydrogens is 240 g/mol. The average Bonchev–Trinajstić information content (AvgIpc) is 2.97. The zero-order chi connectivity index (χ0) is 12.5. The van der Waals surface area contributed by atoms with E-state index in [2.05, 4.69) is 0 Å². The van der Waals surface area contributed by atoms with Crippen LogP contribution >= 0.6 is 11.6 Å². The van der Waals surface area contributed by atoms with Gasteiger partial charge in [-0.2, -0.15) is 0 Å². The van der Waals surface area contributed by atoms with Crippen molar-refractivity contribution in [1.82, 2.24) is 0 Å². The second-order valence-corrected chi connectivity index (χ2v) is 3.90. The Bertz CT molecular complexity index is 317. The van der Waals surface area contributed by atoms with E-state index >= 15 is 0 Å². The van der Waals surface area contributed by atoms with Crippen molar-refractivity contribution in [1.29, 1.82) is 0 Å². The molecule has 4 heteroatoms. The highest BCUT2D eigenvalue weighted by atomic mass is 35.5. The quantitative estimate of drug-likeness (QED) is 0.779. The van der Waals surface area contributed by atoms with Crippen molar-refractivity contribution in [3.63, 3.8) is 0 Å². The zero-order valence-corrected chi connectivity index (χ0v) is 11.1. The summed E-state index contributed by atoms with van der Waals surface area (Å²) in [5.41, 5.74) is 0.972. The number of methoxy groups -OCH3 is 2. The number of hydrogen-bond donors (Lipinski definition) is 0. The highest BCUT2D eigenvalue weighted by Gasteiger charge is 2.02. The number of ether oxygens (including phenoxy) is 3. The van der Waals surface area contributed by atoms with Crippen molar-refractivity contribution in [2.75, 3.05) is 27.4 Å². The SMILES string of the molecule is C1CCOC1.COc1ccc(CCl)c(OC)c1. The van der Waals surface area contributed by atoms with Crippen LogP contribution in [-0.4, -0.2) is 27.4 Å². The Hall–Kier alpha value is -0.930. The number of rotatable bonds is 3. The normalized spacial score (nSPS) is 13.8. The topological polar surface area (TPSA) is 27.7 Å². The summed E-state index contributed by atoms with van der Waals surface area (Å²) in [6.45, 7) is 2.00. The predicted molar refractivity (Wildman–Crippen MR) is 69.2 cm³/mol. The largest absolute Gasteiger partial charge is 0.497 e. The smallest absolute Gasteiger partial charge is 0.126 e. The van der Waals surface area contributed by atoms with Gasteiger partial charge in [0.15, 0.2) is 0 Å². The molecule has 1 aromatic rings. The van der Waals surface area contributed by atoms with Crippen molar-refractivity contribution >= 4 is 11.6 Å². The summed E-state index contributed by atoms with van der Waals surface area (Å²) < 4.78 is 15.1. The Balaban J connectivity index is 0.000000239. The molecule has 1 fully saturated rings. The molecule has 3 nitrogen and oxygen atoms in total. The van der Waals surface area contributed by atoms with Crippen LogP contribution in [-0.2, 0) is 10.6 Å². The van der Waals surface area contributed by atoms with Crippen molar-refractivity contribution in [3.05, 3.63) is 23.8 Å². The third kappa shape index (κ3) is 4.84. The Labute approximate surface area is 108 Å². The lowest BCUT2D eigenvalue weighted by Gasteiger charge is -2.07. The van der Waals surface area contributed by atoms with E-state index in [1.54, 1.807) is 14.2 Å². The average molecular weight is 259 g/mol. The molecule has 2 rings (SSSR count). The Morgan fingerprint density at radius 1 is 1.18 bits per heavy atom. The fourth-order valence-electron chi connectivity index (χ4n) is 1.47. The van der Waals surface area contributed by atoms with E-state index in [9.17, 15) is 0 Å². The molecule has 1 aromatic carbocycles. The van der Waals surface area contributed by atoms with Crippen LogP contribution in [0, 0.1) is 0 Å². The first-order chi connectivity index (χ1) is 8.31. The summed E-state index contributed by atoms with van der Waals surface area (Å²) in [6, 6.07) is 5.57. The maximum atomic E-state index is 5.69. The van der Waals surface area contributed by atoms with Gasteiger partial charge < -0.3 is 14.2 Å². The predicted octanol–water partition coefficient (Wildman–Crippen LogP) is 3.24. The molecule has 1 saturated heterocycles. The summed E-state index contributed by atoms with van der Waals surface area (Å²) in [4.78, 5) is 0. The van der Waals surface area contributed by atoms with Crippen LogP contribution in [0.15, 0.2) is 18.2 Å². The lowest BCUT2D eigenvalue weighted by atomic mass is 10.2. The van der Waals surface area contributed by atoms with E-state index in [0.717, 1.165) is 30.3 Å². The van der Waals surface area contributed by atoms with Crippen LogP contribution in [0.3, 0.4) is 0 Å². The summed E-state index contributed by atoms with van der Waals surface area (Å²) in [6.07, 6.45) is 2.56. The third-order valence-electron chi connectivity index (χ3n) is 2.47. The molecule has 0 radical (unpaired) electrons. The number of benzene rings is 1. The van der Waals surface area contributed by atoms with E-state index in [1.165, 1.54) is 12.8 Å². The van der Waals surface area contributed by atoms with E-state index in [0.29, 0.717) is 5.88 Å². The maximum absolute atomic E-state index is 5.69. The molecule has 0 aliphatic carbocycles. The van der Waals surface area contributed by atoms with Crippen LogP contribution in [0.25, 0.3) is 0 Å². The highest BCUT2D eigenvalue weighted by Crippen LogP contribution is 2.25. The van der Waals surface area contributed by atoms with Gasteiger partial charge in [-0.3, -0.25) is 0 Å². The van der Waals surface area contributed by atoms with Crippen molar-refractivity contribution in [2.24, 2.45) is 0 Å². The molecule has 17 heavy (non-hydrogen) atoms. The van der Waals surface area contributed by atoms with E-state index in [1.807, 2.05) is 18.2 Å². The van der Waals surface area contributed by atoms with Crippen LogP contribution < -0.4 is 9.47 Å². The molecule has 1 heterocycles. The molecule has 96 valence electrons. The van der Waals surface area contributed by atoms with Gasteiger partial charge in [-0.05, 0) is 18.9 Å². The minimum absolute atomic E-state index is 0.452. The molecule has 0 amide bonds. The van der Waals surface area contributed by atoms with Gasteiger partial charge in [0, 0.05) is 24.8 Å². The third-order valence-corrected chi connectivity index (χ3v) is 2.75. The van der Waals surface area contributed by atoms with Crippen LogP contribution in [0.4, 0.5) is 0 Å². The Kier molecular flexibility index (Phi) is 6.82. The summed E-state index contributed by atoms with van der Waals surface area (Å²) in [7, 11) is 3.24. The van der Waals surface area contributed by atoms with Crippen molar-refractivity contribution < 1.29 is 14.2 Å². The fraction of sp³-hybridized carbons (Fsp3) is 0.538. The van der Waals surface area contributed by atoms with Gasteiger partial charge in [-0.25, -0.2) is 0 Å². The van der Waals surface area contributed by atoms with E-state index < -0.39 is 0 Å². The molecule has 0 N–H and O–H groups in total. The van der Waals surface area contributed by atoms with E-state index in [-0.39, 0.29) is 0 Å². The number of alkyl halides is 1. The zero-order valence-electron chi connectivity index (χ0n) is 10.4. The standard InChI is InChI=1S/C9H11ClO2.C4H8O/c1-11-8-4-3-7(6-10)9(5-8)12-2;1-2-4-5-3-1/h3-5H,6H2,1-2H3;1-4H2. The molecule has 0 atom stereocenters. The molecule has 0 bridgehead atoms. The van der Waals surface area contributed by atoms with E-state index in [4.69, 9.17) is 25.8 Å². The van der Waals surface area contributed by atoms with Crippen LogP contribution in [0.1, 0.15) is 18.4 Å². The Morgan fingerprint density at radius 3 is 2.29 bits per heavy atom. The first-order valence-electron chi connectivity index (χ1n) is 5.66. The number of hydrogen-bond acceptors (Lipinski definition) is 3. The van der Waals surface area contributed by atoms with Crippen LogP contribution in [0.2, 0.25) is 0 Å². The molecule has 0 unspecified atom stereocenters. The lowest BCUT2D eigenvalue weighted by molar-refractivity contribution is 0.198. The van der Waals surface area contributed by atoms with Crippen molar-refractivity contribution in [2.45, 2.75) is 18.7 Å². The minimum Gasteiger partial charge on any atom is -0.497 e. The molecular formula is C13H19ClO3. The maximum Gasteiger partial charge on any atom is 0.126 e. The minimum atomic E-state index is 0.452.